The number of likely N-dealkylation sites (tertiary alicyclic amines) is 1. The summed E-state index contributed by atoms with van der Waals surface area (Å²) >= 11 is 0. The number of hydrogen-bond acceptors (Lipinski definition) is 5. The number of allylic oxidation sites excluding steroid dienone is 1. The number of nitrogens with two attached hydrogens (primary N) is 1. The third kappa shape index (κ3) is 7.76. The molecule has 1 aromatic rings. The van der Waals surface area contributed by atoms with Crippen LogP contribution < -0.4 is 16.4 Å². The van der Waals surface area contributed by atoms with Gasteiger partial charge in [-0.3, -0.25) is 4.79 Å². The zero-order valence-corrected chi connectivity index (χ0v) is 23.9. The number of nitrogens with zero attached hydrogens (tertiary/aromatic N) is 3. The zero-order valence-electron chi connectivity index (χ0n) is 23.9. The maximum atomic E-state index is 14.4. The van der Waals surface area contributed by atoms with Crippen LogP contribution in [-0.4, -0.2) is 47.0 Å². The molecule has 4 aliphatic rings. The fourth-order valence-electron chi connectivity index (χ4n) is 6.29. The first-order chi connectivity index (χ1) is 19.4. The summed E-state index contributed by atoms with van der Waals surface area (Å²) in [5, 5.41) is 6.48. The fourth-order valence-corrected chi connectivity index (χ4v) is 6.29. The van der Waals surface area contributed by atoms with Crippen LogP contribution >= 0.6 is 0 Å². The number of amidine groups is 1. The summed E-state index contributed by atoms with van der Waals surface area (Å²) in [7, 11) is 0. The van der Waals surface area contributed by atoms with Gasteiger partial charge in [-0.2, -0.15) is 0 Å². The number of rotatable bonds is 5. The lowest BCUT2D eigenvalue weighted by Crippen LogP contribution is -2.51. The van der Waals surface area contributed by atoms with E-state index >= 15 is 0 Å². The number of benzene rings is 1. The second-order valence-corrected chi connectivity index (χ2v) is 11.4. The molecule has 0 spiro atoms. The Morgan fingerprint density at radius 3 is 2.17 bits per heavy atom. The summed E-state index contributed by atoms with van der Waals surface area (Å²) in [5.74, 6) is -0.194. The average Bonchev–Trinajstić information content (AvgIpc) is 3.32. The molecule has 1 atom stereocenters. The van der Waals surface area contributed by atoms with Crippen molar-refractivity contribution >= 4 is 17.4 Å². The summed E-state index contributed by atoms with van der Waals surface area (Å²) < 4.78 is 27.8. The average molecular weight is 557 g/mol. The minimum absolute atomic E-state index is 0.0388. The van der Waals surface area contributed by atoms with Crippen LogP contribution in [0.2, 0.25) is 0 Å². The molecule has 1 unspecified atom stereocenters. The number of amides is 1. The molecule has 1 amide bonds. The quantitative estimate of drug-likeness (QED) is 0.402. The van der Waals surface area contributed by atoms with Crippen molar-refractivity contribution in [3.05, 3.63) is 54.0 Å². The van der Waals surface area contributed by atoms with E-state index in [9.17, 15) is 13.6 Å². The monoisotopic (exact) mass is 556 g/mol. The minimum Gasteiger partial charge on any atom is -0.384 e. The molecule has 5 rings (SSSR count). The van der Waals surface area contributed by atoms with Crippen LogP contribution in [0, 0.1) is 17.6 Å². The minimum atomic E-state index is -0.673. The van der Waals surface area contributed by atoms with Crippen LogP contribution in [0.25, 0.3) is 0 Å². The molecule has 0 aromatic heterocycles. The molecule has 2 saturated heterocycles. The van der Waals surface area contributed by atoms with Gasteiger partial charge in [-0.1, -0.05) is 51.2 Å². The van der Waals surface area contributed by atoms with Crippen LogP contribution in [0.1, 0.15) is 90.4 Å². The van der Waals surface area contributed by atoms with Crippen LogP contribution in [0.15, 0.2) is 47.4 Å². The first-order valence-electron chi connectivity index (χ1n) is 15.1. The van der Waals surface area contributed by atoms with Crippen molar-refractivity contribution in [3.8, 4) is 0 Å². The number of carbonyl (C=O) groups is 1. The Labute approximate surface area is 238 Å². The molecule has 2 aliphatic carbocycles. The Morgan fingerprint density at radius 2 is 1.62 bits per heavy atom. The molecule has 1 aromatic carbocycles. The molecule has 2 aliphatic heterocycles. The predicted octanol–water partition coefficient (Wildman–Crippen LogP) is 6.21. The first-order valence-corrected chi connectivity index (χ1v) is 15.1. The highest BCUT2D eigenvalue weighted by Crippen LogP contribution is 2.34. The first kappa shape index (κ1) is 29.9. The van der Waals surface area contributed by atoms with E-state index in [4.69, 9.17) is 5.73 Å². The standard InChI is InChI=1S/C25H34F2N6O.C6H12/c1-3-21-23(29-16(2)28)33(25(30-21)31-22-12-9-18(26)15-20(22)27)19-10-7-17(8-11-19)24(34)32-13-5-4-6-14-32;1-2-4-6-5-3-1/h3,9,12,15,17,19,25,30-31H,2,4-8,10-11,13-14,28H2,1H3;1-6H2/b21-3+,29-23+;. The van der Waals surface area contributed by atoms with Gasteiger partial charge in [0.05, 0.1) is 11.4 Å². The van der Waals surface area contributed by atoms with Crippen molar-refractivity contribution in [1.29, 1.82) is 0 Å². The maximum absolute atomic E-state index is 14.4. The number of nitrogens with one attached hydrogen (secondary N) is 2. The van der Waals surface area contributed by atoms with E-state index in [-0.39, 0.29) is 29.4 Å². The van der Waals surface area contributed by atoms with E-state index in [1.165, 1.54) is 57.1 Å². The van der Waals surface area contributed by atoms with E-state index in [0.717, 1.165) is 63.4 Å². The smallest absolute Gasteiger partial charge is 0.225 e. The second kappa shape index (κ2) is 14.5. The molecule has 9 heteroatoms. The van der Waals surface area contributed by atoms with Crippen molar-refractivity contribution in [2.45, 2.75) is 103 Å². The molecule has 2 heterocycles. The molecule has 220 valence electrons. The van der Waals surface area contributed by atoms with E-state index in [1.54, 1.807) is 0 Å². The zero-order chi connectivity index (χ0) is 28.5. The van der Waals surface area contributed by atoms with Crippen LogP contribution in [-0.2, 0) is 4.79 Å². The van der Waals surface area contributed by atoms with Gasteiger partial charge in [0.15, 0.2) is 12.1 Å². The largest absolute Gasteiger partial charge is 0.384 e. The third-order valence-corrected chi connectivity index (χ3v) is 8.42. The van der Waals surface area contributed by atoms with Gasteiger partial charge in [0.1, 0.15) is 17.5 Å². The Hall–Kier alpha value is -3.10. The van der Waals surface area contributed by atoms with Gasteiger partial charge >= 0.3 is 0 Å². The van der Waals surface area contributed by atoms with Crippen molar-refractivity contribution < 1.29 is 13.6 Å². The molecular formula is C31H46F2N6O. The van der Waals surface area contributed by atoms with Gasteiger partial charge in [-0.05, 0) is 64.0 Å². The molecule has 4 fully saturated rings. The number of halogens is 2. The van der Waals surface area contributed by atoms with Gasteiger partial charge in [-0.25, -0.2) is 13.8 Å². The highest BCUT2D eigenvalue weighted by atomic mass is 19.1. The van der Waals surface area contributed by atoms with Crippen LogP contribution in [0.5, 0.6) is 0 Å². The topological polar surface area (TPSA) is 86.0 Å². The lowest BCUT2D eigenvalue weighted by Gasteiger charge is -2.39. The normalized spacial score (nSPS) is 27.1. The third-order valence-electron chi connectivity index (χ3n) is 8.42. The Bertz CT molecular complexity index is 1060. The summed E-state index contributed by atoms with van der Waals surface area (Å²) in [6.07, 6.45) is 16.9. The van der Waals surface area contributed by atoms with E-state index < -0.39 is 17.9 Å². The van der Waals surface area contributed by atoms with Gasteiger partial charge in [-0.15, -0.1) is 0 Å². The molecule has 2 saturated carbocycles. The number of anilines is 1. The number of carbonyl (C=O) groups excluding carboxylic acids is 1. The van der Waals surface area contributed by atoms with Gasteiger partial charge in [0, 0.05) is 31.1 Å². The summed E-state index contributed by atoms with van der Waals surface area (Å²) in [5.41, 5.74) is 6.76. The molecule has 40 heavy (non-hydrogen) atoms. The molecular weight excluding hydrogens is 510 g/mol. The fraction of sp³-hybridized carbons (Fsp3) is 0.613. The number of piperidine rings is 1. The van der Waals surface area contributed by atoms with E-state index in [0.29, 0.717) is 5.84 Å². The van der Waals surface area contributed by atoms with Gasteiger partial charge in [0.2, 0.25) is 5.91 Å². The van der Waals surface area contributed by atoms with Crippen molar-refractivity contribution in [3.63, 3.8) is 0 Å². The lowest BCUT2D eigenvalue weighted by atomic mass is 9.84. The lowest BCUT2D eigenvalue weighted by molar-refractivity contribution is -0.137. The second-order valence-electron chi connectivity index (χ2n) is 11.4. The van der Waals surface area contributed by atoms with E-state index in [2.05, 4.69) is 27.1 Å². The highest BCUT2D eigenvalue weighted by molar-refractivity contribution is 6.01. The molecule has 4 N–H and O–H groups in total. The van der Waals surface area contributed by atoms with E-state index in [1.807, 2.05) is 17.9 Å². The van der Waals surface area contributed by atoms with Crippen LogP contribution in [0.4, 0.5) is 14.5 Å². The predicted molar refractivity (Wildman–Crippen MR) is 157 cm³/mol. The highest BCUT2D eigenvalue weighted by Gasteiger charge is 2.41. The van der Waals surface area contributed by atoms with Crippen molar-refractivity contribution in [2.75, 3.05) is 18.4 Å². The van der Waals surface area contributed by atoms with Crippen LogP contribution in [0.3, 0.4) is 0 Å². The number of aliphatic imine (C=N–C) groups is 1. The van der Waals surface area contributed by atoms with Crippen molar-refractivity contribution in [1.82, 2.24) is 15.1 Å². The van der Waals surface area contributed by atoms with Gasteiger partial charge < -0.3 is 26.2 Å². The van der Waals surface area contributed by atoms with Crippen molar-refractivity contribution in [2.24, 2.45) is 16.6 Å². The Balaban J connectivity index is 0.000000546. The Morgan fingerprint density at radius 1 is 1.02 bits per heavy atom. The summed E-state index contributed by atoms with van der Waals surface area (Å²) in [6.45, 7) is 7.33. The molecule has 0 radical (unpaired) electrons. The number of hydrogen-bond donors (Lipinski definition) is 3. The SMILES string of the molecule is C1CCCCC1.C=C(N)/N=C1\C(=C/C)NC(Nc2ccc(F)cc2F)N1C1CCC(C(=O)N2CCCCC2)CC1. The summed E-state index contributed by atoms with van der Waals surface area (Å²) in [4.78, 5) is 21.6. The molecule has 0 bridgehead atoms. The Kier molecular flexibility index (Phi) is 10.8. The van der Waals surface area contributed by atoms with Gasteiger partial charge in [0.25, 0.3) is 0 Å². The summed E-state index contributed by atoms with van der Waals surface area (Å²) in [6, 6.07) is 3.52. The maximum Gasteiger partial charge on any atom is 0.225 e. The molecule has 7 nitrogen and oxygen atoms in total.